The van der Waals surface area contributed by atoms with Gasteiger partial charge in [-0.3, -0.25) is 15.1 Å². The molecule has 0 aliphatic rings. The molecule has 0 amide bonds. The Hall–Kier alpha value is -2.36. The lowest BCUT2D eigenvalue weighted by Crippen LogP contribution is -2.34. The molecule has 0 atom stereocenters. The Balaban J connectivity index is 2.50. The Bertz CT molecular complexity index is 885. The molecular formula is C17H21N3O5S. The van der Waals surface area contributed by atoms with Crippen molar-refractivity contribution in [2.24, 2.45) is 0 Å². The molecule has 2 aromatic rings. The molecular weight excluding hydrogens is 358 g/mol. The molecule has 1 aromatic carbocycles. The lowest BCUT2D eigenvalue weighted by atomic mass is 10.1. The second kappa shape index (κ2) is 8.35. The number of sulfonamides is 1. The first-order chi connectivity index (χ1) is 12.3. The summed E-state index contributed by atoms with van der Waals surface area (Å²) < 4.78 is 32.7. The number of benzene rings is 1. The minimum Gasteiger partial charge on any atom is -0.383 e. The Morgan fingerprint density at radius 3 is 2.62 bits per heavy atom. The molecule has 0 saturated heterocycles. The van der Waals surface area contributed by atoms with Crippen LogP contribution in [0.3, 0.4) is 0 Å². The lowest BCUT2D eigenvalue weighted by molar-refractivity contribution is -0.385. The number of rotatable bonds is 8. The molecule has 9 heteroatoms. The van der Waals surface area contributed by atoms with Crippen LogP contribution in [0.4, 0.5) is 5.69 Å². The highest BCUT2D eigenvalue weighted by atomic mass is 32.2. The summed E-state index contributed by atoms with van der Waals surface area (Å²) in [5, 5.41) is 11.1. The maximum Gasteiger partial charge on any atom is 0.271 e. The monoisotopic (exact) mass is 379 g/mol. The summed E-state index contributed by atoms with van der Waals surface area (Å²) in [6.07, 6.45) is 3.19. The van der Waals surface area contributed by atoms with Crippen LogP contribution in [-0.4, -0.2) is 42.9 Å². The number of nitro benzene ring substituents is 1. The summed E-state index contributed by atoms with van der Waals surface area (Å²) in [5.41, 5.74) is 1.50. The van der Waals surface area contributed by atoms with Crippen LogP contribution in [0.2, 0.25) is 0 Å². The third-order valence-corrected chi connectivity index (χ3v) is 6.03. The zero-order chi connectivity index (χ0) is 19.3. The standard InChI is InChI=1S/C17H21N3O5S/c1-13-9-16(20(21)22)10-17(14(13)2)26(23,24)19(7-8-25-3)12-15-5-4-6-18-11-15/h4-6,9-11H,7-8,12H2,1-3H3. The van der Waals surface area contributed by atoms with Crippen molar-refractivity contribution in [1.82, 2.24) is 9.29 Å². The maximum atomic E-state index is 13.2. The van der Waals surface area contributed by atoms with Gasteiger partial charge in [-0.1, -0.05) is 6.07 Å². The van der Waals surface area contributed by atoms with Crippen molar-refractivity contribution in [3.63, 3.8) is 0 Å². The number of aromatic nitrogens is 1. The lowest BCUT2D eigenvalue weighted by Gasteiger charge is -2.23. The molecule has 0 N–H and O–H groups in total. The van der Waals surface area contributed by atoms with Crippen molar-refractivity contribution >= 4 is 15.7 Å². The molecule has 0 unspecified atom stereocenters. The highest BCUT2D eigenvalue weighted by Gasteiger charge is 2.29. The Morgan fingerprint density at radius 2 is 2.04 bits per heavy atom. The number of hydrogen-bond donors (Lipinski definition) is 0. The van der Waals surface area contributed by atoms with Crippen LogP contribution in [0.15, 0.2) is 41.6 Å². The van der Waals surface area contributed by atoms with Gasteiger partial charge < -0.3 is 4.74 Å². The van der Waals surface area contributed by atoms with Crippen molar-refractivity contribution in [2.45, 2.75) is 25.3 Å². The summed E-state index contributed by atoms with van der Waals surface area (Å²) in [4.78, 5) is 14.5. The number of aryl methyl sites for hydroxylation is 1. The van der Waals surface area contributed by atoms with E-state index in [0.717, 1.165) is 6.07 Å². The molecule has 26 heavy (non-hydrogen) atoms. The fourth-order valence-electron chi connectivity index (χ4n) is 2.49. The molecule has 1 aromatic heterocycles. The van der Waals surface area contributed by atoms with Crippen molar-refractivity contribution in [1.29, 1.82) is 0 Å². The first-order valence-corrected chi connectivity index (χ1v) is 9.35. The number of nitrogens with zero attached hydrogens (tertiary/aromatic N) is 3. The van der Waals surface area contributed by atoms with Gasteiger partial charge in [0, 0.05) is 44.7 Å². The summed E-state index contributed by atoms with van der Waals surface area (Å²) in [6.45, 7) is 3.72. The van der Waals surface area contributed by atoms with Crippen LogP contribution >= 0.6 is 0 Å². The minimum absolute atomic E-state index is 0.0656. The molecule has 0 aliphatic carbocycles. The summed E-state index contributed by atoms with van der Waals surface area (Å²) >= 11 is 0. The van der Waals surface area contributed by atoms with E-state index in [0.29, 0.717) is 16.7 Å². The smallest absolute Gasteiger partial charge is 0.271 e. The van der Waals surface area contributed by atoms with Gasteiger partial charge in [0.1, 0.15) is 0 Å². The van der Waals surface area contributed by atoms with Crippen molar-refractivity contribution < 1.29 is 18.1 Å². The second-order valence-electron chi connectivity index (χ2n) is 5.84. The molecule has 0 spiro atoms. The van der Waals surface area contributed by atoms with E-state index < -0.39 is 14.9 Å². The van der Waals surface area contributed by atoms with Gasteiger partial charge in [0.05, 0.1) is 16.4 Å². The highest BCUT2D eigenvalue weighted by Crippen LogP contribution is 2.28. The average molecular weight is 379 g/mol. The minimum atomic E-state index is -3.96. The maximum absolute atomic E-state index is 13.2. The first-order valence-electron chi connectivity index (χ1n) is 7.91. The predicted octanol–water partition coefficient (Wildman–Crippen LogP) is 2.44. The van der Waals surface area contributed by atoms with Gasteiger partial charge in [0.2, 0.25) is 10.0 Å². The SMILES string of the molecule is COCCN(Cc1cccnc1)S(=O)(=O)c1cc([N+](=O)[O-])cc(C)c1C. The van der Waals surface area contributed by atoms with Crippen molar-refractivity contribution in [3.05, 3.63) is 63.5 Å². The highest BCUT2D eigenvalue weighted by molar-refractivity contribution is 7.89. The van der Waals surface area contributed by atoms with Crippen molar-refractivity contribution in [2.75, 3.05) is 20.3 Å². The van der Waals surface area contributed by atoms with E-state index in [-0.39, 0.29) is 30.3 Å². The van der Waals surface area contributed by atoms with E-state index >= 15 is 0 Å². The van der Waals surface area contributed by atoms with E-state index in [9.17, 15) is 18.5 Å². The second-order valence-corrected chi connectivity index (χ2v) is 7.74. The van der Waals surface area contributed by atoms with E-state index in [1.165, 1.54) is 17.5 Å². The fourth-order valence-corrected chi connectivity index (χ4v) is 4.22. The van der Waals surface area contributed by atoms with Crippen LogP contribution in [0.1, 0.15) is 16.7 Å². The third-order valence-electron chi connectivity index (χ3n) is 4.06. The van der Waals surface area contributed by atoms with Crippen LogP contribution in [0.25, 0.3) is 0 Å². The van der Waals surface area contributed by atoms with Crippen LogP contribution in [0, 0.1) is 24.0 Å². The molecule has 1 heterocycles. The Kier molecular flexibility index (Phi) is 6.41. The van der Waals surface area contributed by atoms with Gasteiger partial charge in [0.15, 0.2) is 0 Å². The van der Waals surface area contributed by atoms with Gasteiger partial charge >= 0.3 is 0 Å². The Labute approximate surface area is 152 Å². The molecule has 0 bridgehead atoms. The van der Waals surface area contributed by atoms with E-state index in [4.69, 9.17) is 4.74 Å². The number of pyridine rings is 1. The van der Waals surface area contributed by atoms with Crippen LogP contribution in [-0.2, 0) is 21.3 Å². The zero-order valence-electron chi connectivity index (χ0n) is 14.9. The van der Waals surface area contributed by atoms with Gasteiger partial charge in [-0.25, -0.2) is 8.42 Å². The first kappa shape index (κ1) is 20.0. The third kappa shape index (κ3) is 4.43. The Morgan fingerprint density at radius 1 is 1.31 bits per heavy atom. The predicted molar refractivity (Wildman–Crippen MR) is 96.3 cm³/mol. The van der Waals surface area contributed by atoms with Crippen molar-refractivity contribution in [3.8, 4) is 0 Å². The molecule has 0 aliphatic heterocycles. The number of hydrogen-bond acceptors (Lipinski definition) is 6. The molecule has 140 valence electrons. The topological polar surface area (TPSA) is 103 Å². The van der Waals surface area contributed by atoms with Gasteiger partial charge in [-0.05, 0) is 36.6 Å². The normalized spacial score (nSPS) is 11.7. The molecule has 0 saturated carbocycles. The molecule has 8 nitrogen and oxygen atoms in total. The van der Waals surface area contributed by atoms with E-state index in [1.807, 2.05) is 0 Å². The molecule has 0 fully saturated rings. The number of non-ortho nitro benzene ring substituents is 1. The number of methoxy groups -OCH3 is 1. The largest absolute Gasteiger partial charge is 0.383 e. The van der Waals surface area contributed by atoms with Gasteiger partial charge in [0.25, 0.3) is 5.69 Å². The average Bonchev–Trinajstić information content (AvgIpc) is 2.61. The zero-order valence-corrected chi connectivity index (χ0v) is 15.7. The fraction of sp³-hybridized carbons (Fsp3) is 0.353. The molecule has 2 rings (SSSR count). The summed E-state index contributed by atoms with van der Waals surface area (Å²) in [6, 6.07) is 5.97. The number of ether oxygens (including phenoxy) is 1. The van der Waals surface area contributed by atoms with E-state index in [2.05, 4.69) is 4.98 Å². The number of nitro groups is 1. The summed E-state index contributed by atoms with van der Waals surface area (Å²) in [7, 11) is -2.48. The van der Waals surface area contributed by atoms with Gasteiger partial charge in [-0.15, -0.1) is 0 Å². The summed E-state index contributed by atoms with van der Waals surface area (Å²) in [5.74, 6) is 0. The molecule has 0 radical (unpaired) electrons. The van der Waals surface area contributed by atoms with Crippen LogP contribution in [0.5, 0.6) is 0 Å². The van der Waals surface area contributed by atoms with Crippen LogP contribution < -0.4 is 0 Å². The van der Waals surface area contributed by atoms with Gasteiger partial charge in [-0.2, -0.15) is 4.31 Å². The quantitative estimate of drug-likeness (QED) is 0.515. The van der Waals surface area contributed by atoms with E-state index in [1.54, 1.807) is 38.4 Å².